The molecule has 1 unspecified atom stereocenters. The average Bonchev–Trinajstić information content (AvgIpc) is 3.13. The van der Waals surface area contributed by atoms with Crippen LogP contribution in [0.1, 0.15) is 31.3 Å². The molecule has 136 valence electrons. The molecule has 3 aromatic rings. The second-order valence-corrected chi connectivity index (χ2v) is 6.04. The minimum atomic E-state index is -0.467. The Morgan fingerprint density at radius 3 is 2.58 bits per heavy atom. The molecular weight excluding hydrogens is 352 g/mol. The molecule has 3 rings (SSSR count). The normalized spacial score (nSPS) is 12.0. The molecule has 0 aliphatic carbocycles. The number of hydrogen-bond donors (Lipinski definition) is 2. The van der Waals surface area contributed by atoms with Gasteiger partial charge in [0.25, 0.3) is 0 Å². The number of H-pyrrole nitrogens is 1. The fourth-order valence-corrected chi connectivity index (χ4v) is 2.78. The van der Waals surface area contributed by atoms with Gasteiger partial charge in [0.05, 0.1) is 19.3 Å². The van der Waals surface area contributed by atoms with Gasteiger partial charge in [0.1, 0.15) is 5.82 Å². The van der Waals surface area contributed by atoms with Gasteiger partial charge < -0.3 is 15.2 Å². The summed E-state index contributed by atoms with van der Waals surface area (Å²) in [5.74, 6) is 2.47. The van der Waals surface area contributed by atoms with Crippen molar-refractivity contribution in [2.45, 2.75) is 19.9 Å². The third kappa shape index (κ3) is 3.98. The van der Waals surface area contributed by atoms with Crippen LogP contribution in [0.4, 0.5) is 0 Å². The van der Waals surface area contributed by atoms with Gasteiger partial charge in [-0.15, -0.1) is 0 Å². The molecule has 2 aromatic carbocycles. The molecule has 0 radical (unpaired) electrons. The Kier molecular flexibility index (Phi) is 5.75. The second-order valence-electron chi connectivity index (χ2n) is 5.60. The molecule has 0 amide bonds. The van der Waals surface area contributed by atoms with Crippen LogP contribution in [0.15, 0.2) is 42.5 Å². The van der Waals surface area contributed by atoms with Crippen LogP contribution in [0, 0.1) is 0 Å². The van der Waals surface area contributed by atoms with Crippen molar-refractivity contribution < 1.29 is 9.47 Å². The monoisotopic (exact) mass is 372 g/mol. The minimum absolute atomic E-state index is 0.467. The first kappa shape index (κ1) is 18.2. The van der Waals surface area contributed by atoms with Crippen LogP contribution >= 0.6 is 11.6 Å². The number of nitrogens with one attached hydrogen (secondary N) is 1. The van der Waals surface area contributed by atoms with Gasteiger partial charge in [0, 0.05) is 10.6 Å². The van der Waals surface area contributed by atoms with E-state index in [1.807, 2.05) is 50.2 Å². The largest absolute Gasteiger partial charge is 0.490 e. The number of aromatic amines is 1. The lowest BCUT2D eigenvalue weighted by Crippen LogP contribution is -2.14. The standard InChI is InChI=1S/C19H21ClN4O2/c1-3-25-15-9-8-12(11-16(15)26-4-2)17(21)19-22-18(23-24-19)13-6-5-7-14(20)10-13/h5-11,17H,3-4,21H2,1-2H3,(H,22,23,24). The molecule has 26 heavy (non-hydrogen) atoms. The lowest BCUT2D eigenvalue weighted by Gasteiger charge is -2.14. The quantitative estimate of drug-likeness (QED) is 0.655. The van der Waals surface area contributed by atoms with E-state index in [4.69, 9.17) is 26.8 Å². The minimum Gasteiger partial charge on any atom is -0.490 e. The smallest absolute Gasteiger partial charge is 0.181 e. The molecule has 0 saturated heterocycles. The highest BCUT2D eigenvalue weighted by atomic mass is 35.5. The van der Waals surface area contributed by atoms with E-state index in [1.165, 1.54) is 0 Å². The highest BCUT2D eigenvalue weighted by Gasteiger charge is 2.17. The van der Waals surface area contributed by atoms with Gasteiger partial charge in [-0.3, -0.25) is 5.10 Å². The fraction of sp³-hybridized carbons (Fsp3) is 0.263. The predicted octanol–water partition coefficient (Wildman–Crippen LogP) is 3.97. The van der Waals surface area contributed by atoms with E-state index in [0.29, 0.717) is 41.4 Å². The van der Waals surface area contributed by atoms with E-state index in [0.717, 1.165) is 11.1 Å². The van der Waals surface area contributed by atoms with Crippen LogP contribution in [-0.2, 0) is 0 Å². The number of halogens is 1. The second kappa shape index (κ2) is 8.21. The Morgan fingerprint density at radius 2 is 1.85 bits per heavy atom. The SMILES string of the molecule is CCOc1ccc(C(N)c2nc(-c3cccc(Cl)c3)n[nH]2)cc1OCC. The summed E-state index contributed by atoms with van der Waals surface area (Å²) in [6, 6.07) is 12.5. The van der Waals surface area contributed by atoms with E-state index >= 15 is 0 Å². The van der Waals surface area contributed by atoms with Gasteiger partial charge in [-0.2, -0.15) is 5.10 Å². The Morgan fingerprint density at radius 1 is 1.08 bits per heavy atom. The predicted molar refractivity (Wildman–Crippen MR) is 102 cm³/mol. The van der Waals surface area contributed by atoms with Crippen LogP contribution < -0.4 is 15.2 Å². The van der Waals surface area contributed by atoms with Crippen molar-refractivity contribution in [1.82, 2.24) is 15.2 Å². The third-order valence-electron chi connectivity index (χ3n) is 3.81. The average molecular weight is 373 g/mol. The highest BCUT2D eigenvalue weighted by Crippen LogP contribution is 2.31. The molecule has 0 aliphatic heterocycles. The molecule has 0 aliphatic rings. The summed E-state index contributed by atoms with van der Waals surface area (Å²) in [4.78, 5) is 4.51. The summed E-state index contributed by atoms with van der Waals surface area (Å²) in [5.41, 5.74) is 8.05. The number of rotatable bonds is 7. The number of nitrogens with zero attached hydrogens (tertiary/aromatic N) is 2. The van der Waals surface area contributed by atoms with E-state index in [1.54, 1.807) is 6.07 Å². The van der Waals surface area contributed by atoms with Crippen LogP contribution in [0.3, 0.4) is 0 Å². The first-order valence-corrected chi connectivity index (χ1v) is 8.83. The first-order chi connectivity index (χ1) is 12.6. The molecule has 0 spiro atoms. The third-order valence-corrected chi connectivity index (χ3v) is 4.04. The van der Waals surface area contributed by atoms with Crippen molar-refractivity contribution in [1.29, 1.82) is 0 Å². The van der Waals surface area contributed by atoms with Gasteiger partial charge in [-0.05, 0) is 43.7 Å². The molecule has 3 N–H and O–H groups in total. The number of benzene rings is 2. The molecule has 0 fully saturated rings. The van der Waals surface area contributed by atoms with Crippen molar-refractivity contribution >= 4 is 11.6 Å². The number of nitrogens with two attached hydrogens (primary N) is 1. The summed E-state index contributed by atoms with van der Waals surface area (Å²) in [5, 5.41) is 7.79. The zero-order valence-corrected chi connectivity index (χ0v) is 15.5. The van der Waals surface area contributed by atoms with Crippen LogP contribution in [0.25, 0.3) is 11.4 Å². The van der Waals surface area contributed by atoms with E-state index in [9.17, 15) is 0 Å². The summed E-state index contributed by atoms with van der Waals surface area (Å²) >= 11 is 6.03. The maximum Gasteiger partial charge on any atom is 0.181 e. The Bertz CT molecular complexity index is 881. The molecule has 0 saturated carbocycles. The Hall–Kier alpha value is -2.57. The van der Waals surface area contributed by atoms with E-state index in [-0.39, 0.29) is 0 Å². The Balaban J connectivity index is 1.87. The molecule has 7 heteroatoms. The maximum atomic E-state index is 6.37. The van der Waals surface area contributed by atoms with E-state index in [2.05, 4.69) is 15.2 Å². The van der Waals surface area contributed by atoms with Gasteiger partial charge in [-0.1, -0.05) is 29.8 Å². The molecule has 6 nitrogen and oxygen atoms in total. The van der Waals surface area contributed by atoms with Crippen molar-refractivity contribution in [3.05, 3.63) is 58.9 Å². The number of aromatic nitrogens is 3. The fourth-order valence-electron chi connectivity index (χ4n) is 2.59. The van der Waals surface area contributed by atoms with Gasteiger partial charge in [-0.25, -0.2) is 4.98 Å². The van der Waals surface area contributed by atoms with Gasteiger partial charge >= 0.3 is 0 Å². The van der Waals surface area contributed by atoms with Crippen molar-refractivity contribution in [3.63, 3.8) is 0 Å². The first-order valence-electron chi connectivity index (χ1n) is 8.45. The van der Waals surface area contributed by atoms with E-state index < -0.39 is 6.04 Å². The molecular formula is C19H21ClN4O2. The maximum absolute atomic E-state index is 6.37. The topological polar surface area (TPSA) is 86.0 Å². The summed E-state index contributed by atoms with van der Waals surface area (Å²) in [6.45, 7) is 4.97. The molecule has 1 aromatic heterocycles. The lowest BCUT2D eigenvalue weighted by atomic mass is 10.1. The molecule has 1 atom stereocenters. The summed E-state index contributed by atoms with van der Waals surface area (Å²) < 4.78 is 11.3. The van der Waals surface area contributed by atoms with Crippen LogP contribution in [-0.4, -0.2) is 28.4 Å². The van der Waals surface area contributed by atoms with Crippen molar-refractivity contribution in [2.75, 3.05) is 13.2 Å². The molecule has 0 bridgehead atoms. The van der Waals surface area contributed by atoms with Crippen LogP contribution in [0.5, 0.6) is 11.5 Å². The van der Waals surface area contributed by atoms with Crippen LogP contribution in [0.2, 0.25) is 5.02 Å². The number of ether oxygens (including phenoxy) is 2. The summed E-state index contributed by atoms with van der Waals surface area (Å²) in [7, 11) is 0. The molecule has 1 heterocycles. The summed E-state index contributed by atoms with van der Waals surface area (Å²) in [6.07, 6.45) is 0. The van der Waals surface area contributed by atoms with Crippen molar-refractivity contribution in [3.8, 4) is 22.9 Å². The van der Waals surface area contributed by atoms with Crippen molar-refractivity contribution in [2.24, 2.45) is 5.73 Å². The number of hydrogen-bond acceptors (Lipinski definition) is 5. The Labute approximate surface area is 157 Å². The van der Waals surface area contributed by atoms with Gasteiger partial charge in [0.2, 0.25) is 0 Å². The zero-order valence-electron chi connectivity index (χ0n) is 14.7. The van der Waals surface area contributed by atoms with Gasteiger partial charge in [0.15, 0.2) is 17.3 Å². The zero-order chi connectivity index (χ0) is 18.5. The highest BCUT2D eigenvalue weighted by molar-refractivity contribution is 6.30. The lowest BCUT2D eigenvalue weighted by molar-refractivity contribution is 0.287.